The number of hydrogen-bond donors (Lipinski definition) is 1. The summed E-state index contributed by atoms with van der Waals surface area (Å²) < 4.78 is 16.5. The van der Waals surface area contributed by atoms with Crippen molar-refractivity contribution >= 4 is 17.2 Å². The number of nitrogens with two attached hydrogens (primary N) is 1. The number of methoxy groups -OCH3 is 1. The Hall–Kier alpha value is -1.17. The third kappa shape index (κ3) is 7.41. The summed E-state index contributed by atoms with van der Waals surface area (Å²) in [5, 5.41) is 0. The van der Waals surface area contributed by atoms with Gasteiger partial charge in [-0.25, -0.2) is 0 Å². The molecule has 1 aromatic rings. The van der Waals surface area contributed by atoms with Crippen molar-refractivity contribution in [3.05, 3.63) is 29.8 Å². The van der Waals surface area contributed by atoms with Crippen molar-refractivity contribution in [1.82, 2.24) is 0 Å². The molecule has 1 aromatic carbocycles. The third-order valence-corrected chi connectivity index (χ3v) is 3.48. The summed E-state index contributed by atoms with van der Waals surface area (Å²) in [5.74, 6) is 0.815. The summed E-state index contributed by atoms with van der Waals surface area (Å²) in [6.45, 7) is 6.11. The van der Waals surface area contributed by atoms with Crippen molar-refractivity contribution < 1.29 is 14.2 Å². The Balaban J connectivity index is 2.10. The zero-order valence-corrected chi connectivity index (χ0v) is 13.9. The summed E-state index contributed by atoms with van der Waals surface area (Å²) in [4.78, 5) is 0.397. The number of ether oxygens (including phenoxy) is 3. The molecule has 0 amide bonds. The first-order valence-electron chi connectivity index (χ1n) is 7.10. The molecule has 0 bridgehead atoms. The van der Waals surface area contributed by atoms with E-state index in [2.05, 4.69) is 13.8 Å². The zero-order chi connectivity index (χ0) is 15.7. The largest absolute Gasteiger partial charge is 0.494 e. The van der Waals surface area contributed by atoms with E-state index in [4.69, 9.17) is 32.2 Å². The summed E-state index contributed by atoms with van der Waals surface area (Å²) in [7, 11) is 1.72. The molecular weight excluding hydrogens is 286 g/mol. The van der Waals surface area contributed by atoms with E-state index in [1.54, 1.807) is 7.11 Å². The van der Waals surface area contributed by atoms with E-state index < -0.39 is 0 Å². The van der Waals surface area contributed by atoms with E-state index in [9.17, 15) is 0 Å². The molecule has 0 unspecified atom stereocenters. The van der Waals surface area contributed by atoms with Crippen LogP contribution in [0, 0.1) is 0 Å². The lowest BCUT2D eigenvalue weighted by Gasteiger charge is -2.22. The topological polar surface area (TPSA) is 53.7 Å². The molecule has 0 radical (unpaired) electrons. The minimum Gasteiger partial charge on any atom is -0.494 e. The van der Waals surface area contributed by atoms with Gasteiger partial charge in [0.2, 0.25) is 0 Å². The van der Waals surface area contributed by atoms with Crippen molar-refractivity contribution in [2.75, 3.05) is 26.9 Å². The van der Waals surface area contributed by atoms with Crippen LogP contribution >= 0.6 is 12.2 Å². The van der Waals surface area contributed by atoms with Crippen LogP contribution in [0.5, 0.6) is 5.75 Å². The van der Waals surface area contributed by atoms with E-state index in [-0.39, 0.29) is 5.60 Å². The lowest BCUT2D eigenvalue weighted by Crippen LogP contribution is -2.24. The Morgan fingerprint density at radius 1 is 1.14 bits per heavy atom. The van der Waals surface area contributed by atoms with Crippen LogP contribution in [0.4, 0.5) is 0 Å². The van der Waals surface area contributed by atoms with Crippen LogP contribution in [0.3, 0.4) is 0 Å². The van der Waals surface area contributed by atoms with Gasteiger partial charge in [0.15, 0.2) is 0 Å². The smallest absolute Gasteiger partial charge is 0.119 e. The van der Waals surface area contributed by atoms with Gasteiger partial charge in [-0.2, -0.15) is 0 Å². The Labute approximate surface area is 132 Å². The van der Waals surface area contributed by atoms with Gasteiger partial charge in [-0.1, -0.05) is 12.2 Å². The normalized spacial score (nSPS) is 11.4. The van der Waals surface area contributed by atoms with Gasteiger partial charge in [-0.15, -0.1) is 0 Å². The summed E-state index contributed by atoms with van der Waals surface area (Å²) >= 11 is 4.90. The predicted molar refractivity (Wildman–Crippen MR) is 89.0 cm³/mol. The van der Waals surface area contributed by atoms with Crippen LogP contribution in [-0.2, 0) is 9.47 Å². The molecule has 0 aliphatic rings. The highest BCUT2D eigenvalue weighted by Gasteiger charge is 2.15. The molecule has 0 aliphatic heterocycles. The molecule has 0 saturated carbocycles. The molecule has 4 nitrogen and oxygen atoms in total. The highest BCUT2D eigenvalue weighted by molar-refractivity contribution is 7.80. The van der Waals surface area contributed by atoms with Crippen molar-refractivity contribution in [3.63, 3.8) is 0 Å². The molecule has 0 atom stereocenters. The average molecular weight is 311 g/mol. The van der Waals surface area contributed by atoms with Gasteiger partial charge < -0.3 is 19.9 Å². The number of benzene rings is 1. The number of rotatable bonds is 10. The fourth-order valence-electron chi connectivity index (χ4n) is 1.59. The molecule has 0 aromatic heterocycles. The molecule has 5 heteroatoms. The summed E-state index contributed by atoms with van der Waals surface area (Å²) in [5.41, 5.74) is 6.26. The first-order valence-corrected chi connectivity index (χ1v) is 7.51. The minimum atomic E-state index is -0.123. The Morgan fingerprint density at radius 2 is 1.81 bits per heavy atom. The van der Waals surface area contributed by atoms with Crippen LogP contribution in [0.25, 0.3) is 0 Å². The zero-order valence-electron chi connectivity index (χ0n) is 13.1. The van der Waals surface area contributed by atoms with E-state index in [1.165, 1.54) is 0 Å². The lowest BCUT2D eigenvalue weighted by atomic mass is 10.1. The van der Waals surface area contributed by atoms with E-state index in [0.29, 0.717) is 24.8 Å². The lowest BCUT2D eigenvalue weighted by molar-refractivity contribution is -0.0107. The van der Waals surface area contributed by atoms with Gasteiger partial charge in [0.25, 0.3) is 0 Å². The Morgan fingerprint density at radius 3 is 2.38 bits per heavy atom. The monoisotopic (exact) mass is 311 g/mol. The Bertz CT molecular complexity index is 432. The summed E-state index contributed by atoms with van der Waals surface area (Å²) in [6, 6.07) is 7.47. The van der Waals surface area contributed by atoms with Gasteiger partial charge in [0.1, 0.15) is 10.7 Å². The van der Waals surface area contributed by atoms with Crippen molar-refractivity contribution in [2.45, 2.75) is 32.3 Å². The van der Waals surface area contributed by atoms with Crippen LogP contribution in [0.1, 0.15) is 32.3 Å². The number of thiocarbonyl (C=S) groups is 1. The van der Waals surface area contributed by atoms with E-state index >= 15 is 0 Å². The first kappa shape index (κ1) is 17.9. The fraction of sp³-hybridized carbons (Fsp3) is 0.562. The van der Waals surface area contributed by atoms with Crippen LogP contribution in [0.15, 0.2) is 24.3 Å². The van der Waals surface area contributed by atoms with Crippen LogP contribution in [-0.4, -0.2) is 37.5 Å². The van der Waals surface area contributed by atoms with Gasteiger partial charge in [0, 0.05) is 32.3 Å². The minimum absolute atomic E-state index is 0.123. The van der Waals surface area contributed by atoms with Crippen molar-refractivity contribution in [3.8, 4) is 5.75 Å². The molecule has 21 heavy (non-hydrogen) atoms. The van der Waals surface area contributed by atoms with E-state index in [0.717, 1.165) is 24.2 Å². The standard InChI is InChI=1S/C16H25NO3S/c1-16(2,18-3)9-12-19-10-4-11-20-14-7-5-13(6-8-14)15(17)21/h5-8H,4,9-12H2,1-3H3,(H2,17,21). The Kier molecular flexibility index (Phi) is 7.64. The maximum atomic E-state index is 5.62. The van der Waals surface area contributed by atoms with Gasteiger partial charge in [-0.3, -0.25) is 0 Å². The van der Waals surface area contributed by atoms with Crippen LogP contribution < -0.4 is 10.5 Å². The van der Waals surface area contributed by atoms with E-state index in [1.807, 2.05) is 24.3 Å². The third-order valence-electron chi connectivity index (χ3n) is 3.24. The summed E-state index contributed by atoms with van der Waals surface area (Å²) in [6.07, 6.45) is 1.73. The maximum absolute atomic E-state index is 5.62. The predicted octanol–water partition coefficient (Wildman–Crippen LogP) is 2.92. The molecule has 2 N–H and O–H groups in total. The molecule has 118 valence electrons. The molecule has 0 heterocycles. The van der Waals surface area contributed by atoms with Crippen molar-refractivity contribution in [1.29, 1.82) is 0 Å². The molecule has 0 fully saturated rings. The SMILES string of the molecule is COC(C)(C)CCOCCCOc1ccc(C(N)=S)cc1. The second-order valence-corrected chi connectivity index (χ2v) is 5.86. The highest BCUT2D eigenvalue weighted by Crippen LogP contribution is 2.13. The second kappa shape index (κ2) is 8.97. The molecule has 0 aliphatic carbocycles. The maximum Gasteiger partial charge on any atom is 0.119 e. The molecule has 0 saturated heterocycles. The van der Waals surface area contributed by atoms with Gasteiger partial charge in [-0.05, 0) is 44.5 Å². The quantitative estimate of drug-likeness (QED) is 0.532. The average Bonchev–Trinajstić information content (AvgIpc) is 2.46. The second-order valence-electron chi connectivity index (χ2n) is 5.42. The van der Waals surface area contributed by atoms with Crippen molar-refractivity contribution in [2.24, 2.45) is 5.73 Å². The molecule has 0 spiro atoms. The molecule has 1 rings (SSSR count). The molecular formula is C16H25NO3S. The van der Waals surface area contributed by atoms with Gasteiger partial charge >= 0.3 is 0 Å². The number of hydrogen-bond acceptors (Lipinski definition) is 4. The van der Waals surface area contributed by atoms with Crippen LogP contribution in [0.2, 0.25) is 0 Å². The first-order chi connectivity index (χ1) is 9.94. The fourth-order valence-corrected chi connectivity index (χ4v) is 1.72. The highest BCUT2D eigenvalue weighted by atomic mass is 32.1. The van der Waals surface area contributed by atoms with Gasteiger partial charge in [0.05, 0.1) is 12.2 Å².